The SMILES string of the molecule is O=C(O)c1ccc(NC2=CC(=O)N(c3ccc(C(=O)O)cc3)C2=O)cc1. The van der Waals surface area contributed by atoms with Crippen molar-refractivity contribution in [3.05, 3.63) is 71.4 Å². The van der Waals surface area contributed by atoms with Crippen LogP contribution in [0.15, 0.2) is 60.3 Å². The Morgan fingerprint density at radius 3 is 1.81 bits per heavy atom. The maximum atomic E-state index is 12.5. The first-order valence-corrected chi connectivity index (χ1v) is 7.40. The summed E-state index contributed by atoms with van der Waals surface area (Å²) in [4.78, 5) is 47.3. The topological polar surface area (TPSA) is 124 Å². The number of anilines is 2. The van der Waals surface area contributed by atoms with Crippen LogP contribution in [0.4, 0.5) is 11.4 Å². The van der Waals surface area contributed by atoms with Crippen molar-refractivity contribution in [3.63, 3.8) is 0 Å². The number of hydrogen-bond acceptors (Lipinski definition) is 5. The molecular formula is C18H12N2O6. The van der Waals surface area contributed by atoms with E-state index in [0.717, 1.165) is 11.0 Å². The molecule has 3 rings (SSSR count). The lowest BCUT2D eigenvalue weighted by Crippen LogP contribution is -2.31. The molecule has 0 bridgehead atoms. The van der Waals surface area contributed by atoms with Gasteiger partial charge in [0.05, 0.1) is 16.8 Å². The summed E-state index contributed by atoms with van der Waals surface area (Å²) >= 11 is 0. The molecule has 130 valence electrons. The minimum Gasteiger partial charge on any atom is -0.478 e. The zero-order valence-electron chi connectivity index (χ0n) is 13.2. The summed E-state index contributed by atoms with van der Waals surface area (Å²) in [5.41, 5.74) is 0.862. The van der Waals surface area contributed by atoms with Crippen LogP contribution < -0.4 is 10.2 Å². The Kier molecular flexibility index (Phi) is 4.24. The lowest BCUT2D eigenvalue weighted by molar-refractivity contribution is -0.120. The van der Waals surface area contributed by atoms with Crippen molar-refractivity contribution in [2.24, 2.45) is 0 Å². The minimum atomic E-state index is -1.11. The van der Waals surface area contributed by atoms with Gasteiger partial charge in [0.2, 0.25) is 0 Å². The number of carboxylic acids is 2. The van der Waals surface area contributed by atoms with Gasteiger partial charge in [-0.3, -0.25) is 9.59 Å². The van der Waals surface area contributed by atoms with E-state index in [4.69, 9.17) is 10.2 Å². The maximum Gasteiger partial charge on any atom is 0.335 e. The molecule has 1 aliphatic heterocycles. The monoisotopic (exact) mass is 352 g/mol. The maximum absolute atomic E-state index is 12.5. The number of amides is 2. The molecule has 0 spiro atoms. The average Bonchev–Trinajstić information content (AvgIpc) is 2.89. The molecule has 0 atom stereocenters. The number of nitrogens with zero attached hydrogens (tertiary/aromatic N) is 1. The van der Waals surface area contributed by atoms with E-state index < -0.39 is 23.8 Å². The molecule has 2 aromatic carbocycles. The predicted molar refractivity (Wildman–Crippen MR) is 91.0 cm³/mol. The van der Waals surface area contributed by atoms with Gasteiger partial charge in [-0.2, -0.15) is 0 Å². The highest BCUT2D eigenvalue weighted by molar-refractivity contribution is 6.31. The van der Waals surface area contributed by atoms with E-state index in [0.29, 0.717) is 5.69 Å². The highest BCUT2D eigenvalue weighted by atomic mass is 16.4. The zero-order chi connectivity index (χ0) is 18.8. The van der Waals surface area contributed by atoms with Gasteiger partial charge in [-0.25, -0.2) is 14.5 Å². The summed E-state index contributed by atoms with van der Waals surface area (Å²) in [7, 11) is 0. The van der Waals surface area contributed by atoms with Crippen LogP contribution in [0.3, 0.4) is 0 Å². The van der Waals surface area contributed by atoms with Crippen molar-refractivity contribution in [1.82, 2.24) is 0 Å². The fourth-order valence-electron chi connectivity index (χ4n) is 2.41. The Hall–Kier alpha value is -3.94. The molecule has 0 fully saturated rings. The van der Waals surface area contributed by atoms with Gasteiger partial charge in [0, 0.05) is 11.8 Å². The number of nitrogens with one attached hydrogen (secondary N) is 1. The van der Waals surface area contributed by atoms with E-state index in [-0.39, 0.29) is 22.5 Å². The normalized spacial score (nSPS) is 13.5. The lowest BCUT2D eigenvalue weighted by atomic mass is 10.2. The van der Waals surface area contributed by atoms with E-state index in [1.807, 2.05) is 0 Å². The van der Waals surface area contributed by atoms with E-state index >= 15 is 0 Å². The van der Waals surface area contributed by atoms with Crippen molar-refractivity contribution in [3.8, 4) is 0 Å². The third kappa shape index (κ3) is 3.16. The van der Waals surface area contributed by atoms with E-state index in [2.05, 4.69) is 5.32 Å². The number of hydrogen-bond donors (Lipinski definition) is 3. The fourth-order valence-corrected chi connectivity index (χ4v) is 2.41. The van der Waals surface area contributed by atoms with Crippen LogP contribution in [0.25, 0.3) is 0 Å². The number of imide groups is 1. The number of carbonyl (C=O) groups excluding carboxylic acids is 2. The van der Waals surface area contributed by atoms with Crippen LogP contribution in [-0.2, 0) is 9.59 Å². The summed E-state index contributed by atoms with van der Waals surface area (Å²) in [6, 6.07) is 11.0. The first kappa shape index (κ1) is 16.9. The highest BCUT2D eigenvalue weighted by Crippen LogP contribution is 2.24. The summed E-state index contributed by atoms with van der Waals surface area (Å²) in [6.45, 7) is 0. The molecule has 26 heavy (non-hydrogen) atoms. The second-order valence-electron chi connectivity index (χ2n) is 5.40. The number of carbonyl (C=O) groups is 4. The van der Waals surface area contributed by atoms with E-state index in [1.54, 1.807) is 0 Å². The fraction of sp³-hybridized carbons (Fsp3) is 0. The van der Waals surface area contributed by atoms with Crippen LogP contribution in [0.2, 0.25) is 0 Å². The van der Waals surface area contributed by atoms with E-state index in [9.17, 15) is 19.2 Å². The van der Waals surface area contributed by atoms with Gasteiger partial charge in [0.25, 0.3) is 11.8 Å². The van der Waals surface area contributed by atoms with Gasteiger partial charge < -0.3 is 15.5 Å². The number of rotatable bonds is 5. The zero-order valence-corrected chi connectivity index (χ0v) is 13.2. The molecular weight excluding hydrogens is 340 g/mol. The van der Waals surface area contributed by atoms with Crippen LogP contribution in [0, 0.1) is 0 Å². The van der Waals surface area contributed by atoms with Crippen LogP contribution in [0.1, 0.15) is 20.7 Å². The largest absolute Gasteiger partial charge is 0.478 e. The Morgan fingerprint density at radius 2 is 1.31 bits per heavy atom. The quantitative estimate of drug-likeness (QED) is 0.703. The molecule has 1 heterocycles. The molecule has 0 unspecified atom stereocenters. The van der Waals surface area contributed by atoms with Crippen molar-refractivity contribution >= 4 is 35.1 Å². The van der Waals surface area contributed by atoms with E-state index in [1.165, 1.54) is 48.5 Å². The second-order valence-corrected chi connectivity index (χ2v) is 5.40. The Balaban J connectivity index is 1.78. The summed E-state index contributed by atoms with van der Waals surface area (Å²) in [6.07, 6.45) is 1.12. The molecule has 0 aliphatic carbocycles. The van der Waals surface area contributed by atoms with Crippen molar-refractivity contribution in [2.45, 2.75) is 0 Å². The molecule has 2 aromatic rings. The molecule has 2 amide bonds. The first-order chi connectivity index (χ1) is 12.4. The van der Waals surface area contributed by atoms with Gasteiger partial charge in [0.15, 0.2) is 0 Å². The summed E-state index contributed by atoms with van der Waals surface area (Å²) in [5, 5.41) is 20.6. The van der Waals surface area contributed by atoms with Gasteiger partial charge in [-0.1, -0.05) is 0 Å². The van der Waals surface area contributed by atoms with Gasteiger partial charge >= 0.3 is 11.9 Å². The Morgan fingerprint density at radius 1 is 0.808 bits per heavy atom. The minimum absolute atomic E-state index is 0.0281. The molecule has 0 saturated heterocycles. The summed E-state index contributed by atoms with van der Waals surface area (Å²) < 4.78 is 0. The number of aromatic carboxylic acids is 2. The van der Waals surface area contributed by atoms with Crippen molar-refractivity contribution in [1.29, 1.82) is 0 Å². The highest BCUT2D eigenvalue weighted by Gasteiger charge is 2.32. The number of benzene rings is 2. The molecule has 0 saturated carbocycles. The third-order valence-corrected chi connectivity index (χ3v) is 3.71. The molecule has 0 radical (unpaired) electrons. The predicted octanol–water partition coefficient (Wildman–Crippen LogP) is 1.95. The first-order valence-electron chi connectivity index (χ1n) is 7.40. The average molecular weight is 352 g/mol. The van der Waals surface area contributed by atoms with Gasteiger partial charge in [-0.15, -0.1) is 0 Å². The number of carboxylic acid groups (broad SMARTS) is 2. The van der Waals surface area contributed by atoms with Crippen molar-refractivity contribution in [2.75, 3.05) is 10.2 Å². The standard InChI is InChI=1S/C18H12N2O6/c21-15-9-14(19-12-5-1-10(2-6-12)17(23)24)16(22)20(15)13-7-3-11(4-8-13)18(25)26/h1-9,19H,(H,23,24)(H,25,26). The van der Waals surface area contributed by atoms with Crippen LogP contribution in [0.5, 0.6) is 0 Å². The second kappa shape index (κ2) is 6.52. The summed E-state index contributed by atoms with van der Waals surface area (Å²) in [5.74, 6) is -3.34. The molecule has 8 heteroatoms. The molecule has 3 N–H and O–H groups in total. The Labute approximate surface area is 147 Å². The Bertz CT molecular complexity index is 945. The molecule has 1 aliphatic rings. The van der Waals surface area contributed by atoms with Gasteiger partial charge in [-0.05, 0) is 48.5 Å². The van der Waals surface area contributed by atoms with Crippen molar-refractivity contribution < 1.29 is 29.4 Å². The van der Waals surface area contributed by atoms with Crippen LogP contribution >= 0.6 is 0 Å². The van der Waals surface area contributed by atoms with Crippen LogP contribution in [-0.4, -0.2) is 34.0 Å². The lowest BCUT2D eigenvalue weighted by Gasteiger charge is -2.15. The smallest absolute Gasteiger partial charge is 0.335 e. The third-order valence-electron chi connectivity index (χ3n) is 3.71. The molecule has 0 aromatic heterocycles. The molecule has 8 nitrogen and oxygen atoms in total. The van der Waals surface area contributed by atoms with Gasteiger partial charge in [0.1, 0.15) is 5.70 Å².